The van der Waals surface area contributed by atoms with E-state index in [0.717, 1.165) is 17.7 Å². The first-order chi connectivity index (χ1) is 14.1. The van der Waals surface area contributed by atoms with Crippen LogP contribution in [0.3, 0.4) is 0 Å². The molecule has 3 heterocycles. The quantitative estimate of drug-likeness (QED) is 0.674. The third-order valence-electron chi connectivity index (χ3n) is 5.91. The van der Waals surface area contributed by atoms with E-state index in [4.69, 9.17) is 0 Å². The second-order valence-corrected chi connectivity index (χ2v) is 7.82. The molecular weight excluding hydrogens is 372 g/mol. The monoisotopic (exact) mass is 393 g/mol. The van der Waals surface area contributed by atoms with Crippen LogP contribution in [-0.2, 0) is 13.1 Å². The number of rotatable bonds is 4. The summed E-state index contributed by atoms with van der Waals surface area (Å²) >= 11 is 0. The number of hydrogen-bond acceptors (Lipinski definition) is 2. The van der Waals surface area contributed by atoms with Crippen LogP contribution in [0, 0.1) is 11.6 Å². The first-order valence-electron chi connectivity index (χ1n) is 9.77. The van der Waals surface area contributed by atoms with E-state index in [-0.39, 0.29) is 29.6 Å². The molecule has 0 bridgehead atoms. The van der Waals surface area contributed by atoms with Crippen molar-refractivity contribution >= 4 is 5.91 Å². The Morgan fingerprint density at radius 1 is 0.828 bits per heavy atom. The fourth-order valence-electron chi connectivity index (χ4n) is 4.59. The van der Waals surface area contributed by atoms with E-state index in [9.17, 15) is 13.6 Å². The van der Waals surface area contributed by atoms with Gasteiger partial charge in [-0.25, -0.2) is 8.78 Å². The van der Waals surface area contributed by atoms with Crippen molar-refractivity contribution < 1.29 is 13.6 Å². The Morgan fingerprint density at radius 2 is 1.62 bits per heavy atom. The molecule has 0 saturated carbocycles. The minimum absolute atomic E-state index is 0.00631. The van der Waals surface area contributed by atoms with Gasteiger partial charge in [-0.15, -0.1) is 0 Å². The second kappa shape index (κ2) is 7.12. The second-order valence-electron chi connectivity index (χ2n) is 7.82. The molecule has 2 atom stereocenters. The van der Waals surface area contributed by atoms with Crippen LogP contribution in [0.1, 0.15) is 27.7 Å². The molecule has 1 fully saturated rings. The number of halogens is 2. The number of fused-ring (bicyclic) bond motifs is 3. The Morgan fingerprint density at radius 3 is 2.41 bits per heavy atom. The Labute approximate surface area is 168 Å². The van der Waals surface area contributed by atoms with Gasteiger partial charge in [-0.05, 0) is 47.5 Å². The van der Waals surface area contributed by atoms with Crippen LogP contribution in [0.15, 0.2) is 66.9 Å². The maximum Gasteiger partial charge on any atom is 0.271 e. The highest BCUT2D eigenvalue weighted by atomic mass is 19.1. The number of hydrogen-bond donors (Lipinski definition) is 0. The summed E-state index contributed by atoms with van der Waals surface area (Å²) in [6.07, 6.45) is 1.96. The topological polar surface area (TPSA) is 28.5 Å². The molecule has 29 heavy (non-hydrogen) atoms. The normalized spacial score (nSPS) is 21.3. The molecule has 0 N–H and O–H groups in total. The maximum atomic E-state index is 13.6. The molecule has 5 rings (SSSR count). The highest BCUT2D eigenvalue weighted by molar-refractivity contribution is 5.94. The third-order valence-corrected chi connectivity index (χ3v) is 5.91. The number of carbonyl (C=O) groups excluding carboxylic acids is 1. The van der Waals surface area contributed by atoms with Crippen molar-refractivity contribution in [2.24, 2.45) is 0 Å². The van der Waals surface area contributed by atoms with Crippen LogP contribution in [0.4, 0.5) is 8.78 Å². The standard InChI is InChI=1S/C23H21F2N3O/c24-18-8-6-16(7-9-18)13-28-22-15-26(12-17-3-1-4-19(25)11-17)14-21(22)27-10-2-5-20(27)23(28)29/h1-11,21-22H,12-15H2/t21-,22-/m0/s1. The van der Waals surface area contributed by atoms with Crippen LogP contribution < -0.4 is 0 Å². The van der Waals surface area contributed by atoms with Crippen molar-refractivity contribution in [2.75, 3.05) is 13.1 Å². The molecule has 1 amide bonds. The van der Waals surface area contributed by atoms with Gasteiger partial charge in [-0.3, -0.25) is 9.69 Å². The number of nitrogens with zero attached hydrogens (tertiary/aromatic N) is 3. The largest absolute Gasteiger partial charge is 0.337 e. The Kier molecular flexibility index (Phi) is 4.43. The van der Waals surface area contributed by atoms with Gasteiger partial charge in [0.25, 0.3) is 5.91 Å². The average Bonchev–Trinajstić information content (AvgIpc) is 3.34. The van der Waals surface area contributed by atoms with Gasteiger partial charge in [0, 0.05) is 32.4 Å². The van der Waals surface area contributed by atoms with Gasteiger partial charge in [-0.2, -0.15) is 0 Å². The van der Waals surface area contributed by atoms with Crippen LogP contribution in [0.2, 0.25) is 0 Å². The smallest absolute Gasteiger partial charge is 0.271 e. The molecule has 0 aliphatic carbocycles. The van der Waals surface area contributed by atoms with Gasteiger partial charge in [0.2, 0.25) is 0 Å². The Bertz CT molecular complexity index is 1050. The summed E-state index contributed by atoms with van der Waals surface area (Å²) in [7, 11) is 0. The zero-order valence-electron chi connectivity index (χ0n) is 15.8. The summed E-state index contributed by atoms with van der Waals surface area (Å²) in [6.45, 7) is 2.58. The van der Waals surface area contributed by atoms with Crippen molar-refractivity contribution in [1.82, 2.24) is 14.4 Å². The zero-order valence-corrected chi connectivity index (χ0v) is 15.8. The molecule has 3 aromatic rings. The van der Waals surface area contributed by atoms with Gasteiger partial charge < -0.3 is 9.47 Å². The number of carbonyl (C=O) groups is 1. The van der Waals surface area contributed by atoms with Crippen LogP contribution in [0.5, 0.6) is 0 Å². The Balaban J connectivity index is 1.42. The van der Waals surface area contributed by atoms with Crippen LogP contribution in [0.25, 0.3) is 0 Å². The number of likely N-dealkylation sites (tertiary alicyclic amines) is 1. The lowest BCUT2D eigenvalue weighted by atomic mass is 10.0. The molecular formula is C23H21F2N3O. The van der Waals surface area contributed by atoms with Gasteiger partial charge in [-0.1, -0.05) is 24.3 Å². The SMILES string of the molecule is O=C1c2cccn2[C@H]2CN(Cc3cccc(F)c3)C[C@@H]2N1Cc1ccc(F)cc1. The predicted molar refractivity (Wildman–Crippen MR) is 105 cm³/mol. The van der Waals surface area contributed by atoms with Crippen molar-refractivity contribution in [3.05, 3.63) is 95.3 Å². The van der Waals surface area contributed by atoms with E-state index in [1.165, 1.54) is 18.2 Å². The predicted octanol–water partition coefficient (Wildman–Crippen LogP) is 3.85. The molecule has 6 heteroatoms. The van der Waals surface area contributed by atoms with Crippen LogP contribution >= 0.6 is 0 Å². The van der Waals surface area contributed by atoms with Gasteiger partial charge >= 0.3 is 0 Å². The lowest BCUT2D eigenvalue weighted by Crippen LogP contribution is -2.49. The highest BCUT2D eigenvalue weighted by Gasteiger charge is 2.44. The highest BCUT2D eigenvalue weighted by Crippen LogP contribution is 2.35. The fraction of sp³-hybridized carbons (Fsp3) is 0.261. The van der Waals surface area contributed by atoms with E-state index < -0.39 is 0 Å². The molecule has 2 aromatic carbocycles. The van der Waals surface area contributed by atoms with Crippen LogP contribution in [-0.4, -0.2) is 39.4 Å². The molecule has 0 radical (unpaired) electrons. The van der Waals surface area contributed by atoms with Gasteiger partial charge in [0.15, 0.2) is 0 Å². The van der Waals surface area contributed by atoms with E-state index in [0.29, 0.717) is 25.3 Å². The van der Waals surface area contributed by atoms with Gasteiger partial charge in [0.1, 0.15) is 17.3 Å². The van der Waals surface area contributed by atoms with E-state index >= 15 is 0 Å². The number of aromatic nitrogens is 1. The molecule has 0 unspecified atom stereocenters. The molecule has 2 aliphatic rings. The molecule has 4 nitrogen and oxygen atoms in total. The summed E-state index contributed by atoms with van der Waals surface area (Å²) < 4.78 is 28.9. The van der Waals surface area contributed by atoms with Crippen molar-refractivity contribution in [1.29, 1.82) is 0 Å². The van der Waals surface area contributed by atoms with Crippen molar-refractivity contribution in [3.63, 3.8) is 0 Å². The van der Waals surface area contributed by atoms with E-state index in [2.05, 4.69) is 9.47 Å². The van der Waals surface area contributed by atoms with Crippen molar-refractivity contribution in [2.45, 2.75) is 25.2 Å². The number of amides is 1. The van der Waals surface area contributed by atoms with E-state index in [1.54, 1.807) is 24.3 Å². The van der Waals surface area contributed by atoms with Crippen molar-refractivity contribution in [3.8, 4) is 0 Å². The molecule has 2 aliphatic heterocycles. The summed E-state index contributed by atoms with van der Waals surface area (Å²) in [5, 5.41) is 0. The summed E-state index contributed by atoms with van der Waals surface area (Å²) in [6, 6.07) is 16.9. The maximum absolute atomic E-state index is 13.6. The third kappa shape index (κ3) is 3.34. The molecule has 0 spiro atoms. The zero-order chi connectivity index (χ0) is 20.0. The minimum Gasteiger partial charge on any atom is -0.337 e. The minimum atomic E-state index is -0.285. The lowest BCUT2D eigenvalue weighted by molar-refractivity contribution is 0.0556. The molecule has 1 aromatic heterocycles. The first-order valence-corrected chi connectivity index (χ1v) is 9.77. The summed E-state index contributed by atoms with van der Waals surface area (Å²) in [5.41, 5.74) is 2.51. The fourth-order valence-corrected chi connectivity index (χ4v) is 4.59. The summed E-state index contributed by atoms with van der Waals surface area (Å²) in [4.78, 5) is 17.3. The first kappa shape index (κ1) is 18.1. The summed E-state index contributed by atoms with van der Waals surface area (Å²) in [5.74, 6) is -0.527. The molecule has 148 valence electrons. The average molecular weight is 393 g/mol. The lowest BCUT2D eigenvalue weighted by Gasteiger charge is -2.38. The Hall–Kier alpha value is -2.99. The van der Waals surface area contributed by atoms with E-state index in [1.807, 2.05) is 29.3 Å². The number of benzene rings is 2. The van der Waals surface area contributed by atoms with Gasteiger partial charge in [0.05, 0.1) is 12.1 Å². The molecule has 1 saturated heterocycles.